The van der Waals surface area contributed by atoms with Gasteiger partial charge in [0.1, 0.15) is 12.7 Å². The second-order valence-electron chi connectivity index (χ2n) is 7.19. The lowest BCUT2D eigenvalue weighted by Gasteiger charge is -2.10. The number of hydrogen-bond donors (Lipinski definition) is 2. The minimum Gasteiger partial charge on any atom is -0.348 e. The van der Waals surface area contributed by atoms with Gasteiger partial charge in [-0.2, -0.15) is 5.10 Å². The summed E-state index contributed by atoms with van der Waals surface area (Å²) in [5, 5.41) is 6.90. The molecule has 0 radical (unpaired) electrons. The zero-order valence-corrected chi connectivity index (χ0v) is 18.1. The summed E-state index contributed by atoms with van der Waals surface area (Å²) in [5.41, 5.74) is 3.68. The van der Waals surface area contributed by atoms with Gasteiger partial charge in [-0.05, 0) is 61.0 Å². The minimum absolute atomic E-state index is 0.0818. The molecule has 0 saturated carbocycles. The van der Waals surface area contributed by atoms with E-state index >= 15 is 0 Å². The molecule has 1 amide bonds. The van der Waals surface area contributed by atoms with Gasteiger partial charge in [-0.25, -0.2) is 18.1 Å². The Morgan fingerprint density at radius 1 is 0.938 bits per heavy atom. The summed E-state index contributed by atoms with van der Waals surface area (Å²) in [6.45, 7) is 2.27. The van der Waals surface area contributed by atoms with Crippen molar-refractivity contribution < 1.29 is 13.2 Å². The van der Waals surface area contributed by atoms with E-state index in [4.69, 9.17) is 0 Å². The summed E-state index contributed by atoms with van der Waals surface area (Å²) in [5.74, 6) is -0.291. The third kappa shape index (κ3) is 5.01. The first kappa shape index (κ1) is 21.3. The van der Waals surface area contributed by atoms with Crippen LogP contribution < -0.4 is 10.0 Å². The fraction of sp³-hybridized carbons (Fsp3) is 0.0870. The van der Waals surface area contributed by atoms with Gasteiger partial charge >= 0.3 is 0 Å². The number of benzene rings is 3. The van der Waals surface area contributed by atoms with Gasteiger partial charge in [-0.15, -0.1) is 0 Å². The van der Waals surface area contributed by atoms with E-state index in [0.29, 0.717) is 17.8 Å². The fourth-order valence-corrected chi connectivity index (χ4v) is 4.07. The summed E-state index contributed by atoms with van der Waals surface area (Å²) in [6.07, 6.45) is 3.07. The number of carbonyl (C=O) groups excluding carboxylic acids is 1. The number of rotatable bonds is 7. The monoisotopic (exact) mass is 447 g/mol. The summed E-state index contributed by atoms with van der Waals surface area (Å²) in [4.78, 5) is 16.5. The molecule has 0 aliphatic carbocycles. The van der Waals surface area contributed by atoms with Gasteiger partial charge in [-0.1, -0.05) is 29.8 Å². The molecular weight excluding hydrogens is 426 g/mol. The highest BCUT2D eigenvalue weighted by Crippen LogP contribution is 2.17. The fourth-order valence-electron chi connectivity index (χ4n) is 3.01. The lowest BCUT2D eigenvalue weighted by Crippen LogP contribution is -2.23. The first-order valence-corrected chi connectivity index (χ1v) is 11.3. The second-order valence-corrected chi connectivity index (χ2v) is 8.87. The van der Waals surface area contributed by atoms with Crippen molar-refractivity contribution in [3.05, 3.63) is 102 Å². The van der Waals surface area contributed by atoms with E-state index in [-0.39, 0.29) is 10.8 Å². The first-order valence-electron chi connectivity index (χ1n) is 9.82. The maximum atomic E-state index is 12.6. The van der Waals surface area contributed by atoms with Crippen LogP contribution in [0, 0.1) is 6.92 Å². The molecule has 162 valence electrons. The van der Waals surface area contributed by atoms with Crippen molar-refractivity contribution in [2.24, 2.45) is 0 Å². The molecule has 1 aromatic heterocycles. The van der Waals surface area contributed by atoms with Crippen LogP contribution in [0.5, 0.6) is 0 Å². The van der Waals surface area contributed by atoms with Crippen LogP contribution in [-0.4, -0.2) is 29.1 Å². The Labute approximate surface area is 186 Å². The zero-order chi connectivity index (χ0) is 22.6. The summed E-state index contributed by atoms with van der Waals surface area (Å²) in [6, 6.07) is 20.4. The number of carbonyl (C=O) groups is 1. The predicted molar refractivity (Wildman–Crippen MR) is 121 cm³/mol. The molecule has 0 fully saturated rings. The SMILES string of the molecule is Cc1ccc(NS(=O)(=O)c2ccc(C(=O)NCc3ccc(-n4cncn4)cc3)cc2)cc1. The molecule has 0 bridgehead atoms. The van der Waals surface area contributed by atoms with Crippen LogP contribution in [-0.2, 0) is 16.6 Å². The second kappa shape index (κ2) is 9.03. The van der Waals surface area contributed by atoms with Gasteiger partial charge in [0.25, 0.3) is 15.9 Å². The van der Waals surface area contributed by atoms with Crippen molar-refractivity contribution in [1.82, 2.24) is 20.1 Å². The number of hydrogen-bond acceptors (Lipinski definition) is 5. The van der Waals surface area contributed by atoms with Crippen LogP contribution in [0.1, 0.15) is 21.5 Å². The molecule has 32 heavy (non-hydrogen) atoms. The van der Waals surface area contributed by atoms with Crippen LogP contribution in [0.25, 0.3) is 5.69 Å². The van der Waals surface area contributed by atoms with Gasteiger partial charge in [0, 0.05) is 17.8 Å². The molecule has 8 nitrogen and oxygen atoms in total. The molecule has 9 heteroatoms. The highest BCUT2D eigenvalue weighted by molar-refractivity contribution is 7.92. The Balaban J connectivity index is 1.37. The van der Waals surface area contributed by atoms with Crippen LogP contribution in [0.2, 0.25) is 0 Å². The minimum atomic E-state index is -3.74. The number of nitrogens with zero attached hydrogens (tertiary/aromatic N) is 3. The molecule has 0 aliphatic rings. The Morgan fingerprint density at radius 2 is 1.62 bits per heavy atom. The van der Waals surface area contributed by atoms with E-state index in [9.17, 15) is 13.2 Å². The lowest BCUT2D eigenvalue weighted by molar-refractivity contribution is 0.0951. The van der Waals surface area contributed by atoms with E-state index in [1.165, 1.54) is 30.6 Å². The van der Waals surface area contributed by atoms with Gasteiger partial charge in [0.05, 0.1) is 10.6 Å². The molecule has 4 aromatic rings. The Hall–Kier alpha value is -3.98. The maximum Gasteiger partial charge on any atom is 0.261 e. The molecule has 0 unspecified atom stereocenters. The van der Waals surface area contributed by atoms with Crippen molar-refractivity contribution in [2.45, 2.75) is 18.4 Å². The van der Waals surface area contributed by atoms with Crippen LogP contribution in [0.15, 0.2) is 90.3 Å². The third-order valence-electron chi connectivity index (χ3n) is 4.80. The maximum absolute atomic E-state index is 12.6. The summed E-state index contributed by atoms with van der Waals surface area (Å²) < 4.78 is 29.3. The molecular formula is C23H21N5O3S. The van der Waals surface area contributed by atoms with E-state index in [1.807, 2.05) is 43.3 Å². The smallest absolute Gasteiger partial charge is 0.261 e. The van der Waals surface area contributed by atoms with Crippen molar-refractivity contribution in [1.29, 1.82) is 0 Å². The average Bonchev–Trinajstić information content (AvgIpc) is 3.34. The van der Waals surface area contributed by atoms with Crippen LogP contribution in [0.4, 0.5) is 5.69 Å². The van der Waals surface area contributed by atoms with Crippen molar-refractivity contribution >= 4 is 21.6 Å². The predicted octanol–water partition coefficient (Wildman–Crippen LogP) is 3.31. The number of aryl methyl sites for hydroxylation is 1. The van der Waals surface area contributed by atoms with Gasteiger partial charge in [-0.3, -0.25) is 9.52 Å². The molecule has 0 saturated heterocycles. The molecule has 0 spiro atoms. The van der Waals surface area contributed by atoms with Crippen molar-refractivity contribution in [2.75, 3.05) is 4.72 Å². The number of sulfonamides is 1. The Morgan fingerprint density at radius 3 is 2.25 bits per heavy atom. The van der Waals surface area contributed by atoms with Crippen LogP contribution in [0.3, 0.4) is 0 Å². The molecule has 3 aromatic carbocycles. The van der Waals surface area contributed by atoms with E-state index < -0.39 is 10.0 Å². The number of aromatic nitrogens is 3. The Bertz CT molecular complexity index is 1300. The normalized spacial score (nSPS) is 11.2. The van der Waals surface area contributed by atoms with E-state index in [0.717, 1.165) is 16.8 Å². The average molecular weight is 448 g/mol. The molecule has 4 rings (SSSR count). The molecule has 0 aliphatic heterocycles. The van der Waals surface area contributed by atoms with Crippen molar-refractivity contribution in [3.8, 4) is 5.69 Å². The third-order valence-corrected chi connectivity index (χ3v) is 6.20. The summed E-state index contributed by atoms with van der Waals surface area (Å²) >= 11 is 0. The number of amides is 1. The van der Waals surface area contributed by atoms with Gasteiger partial charge in [0.15, 0.2) is 0 Å². The number of anilines is 1. The molecule has 0 atom stereocenters. The highest BCUT2D eigenvalue weighted by Gasteiger charge is 2.15. The van der Waals surface area contributed by atoms with Crippen molar-refractivity contribution in [3.63, 3.8) is 0 Å². The molecule has 1 heterocycles. The van der Waals surface area contributed by atoms with E-state index in [2.05, 4.69) is 20.1 Å². The highest BCUT2D eigenvalue weighted by atomic mass is 32.2. The largest absolute Gasteiger partial charge is 0.348 e. The molecule has 2 N–H and O–H groups in total. The first-order chi connectivity index (χ1) is 15.4. The quantitative estimate of drug-likeness (QED) is 0.452. The zero-order valence-electron chi connectivity index (χ0n) is 17.3. The Kier molecular flexibility index (Phi) is 6.00. The number of nitrogens with one attached hydrogen (secondary N) is 2. The summed E-state index contributed by atoms with van der Waals surface area (Å²) in [7, 11) is -3.74. The standard InChI is InChI=1S/C23H21N5O3S/c1-17-2-8-20(9-3-17)27-32(30,31)22-12-6-19(7-13-22)23(29)25-14-18-4-10-21(11-5-18)28-16-24-15-26-28/h2-13,15-16,27H,14H2,1H3,(H,25,29). The van der Waals surface area contributed by atoms with Gasteiger partial charge < -0.3 is 5.32 Å². The topological polar surface area (TPSA) is 106 Å². The lowest BCUT2D eigenvalue weighted by atomic mass is 10.2. The van der Waals surface area contributed by atoms with Crippen LogP contribution >= 0.6 is 0 Å². The van der Waals surface area contributed by atoms with E-state index in [1.54, 1.807) is 23.1 Å². The van der Waals surface area contributed by atoms with Gasteiger partial charge in [0.2, 0.25) is 0 Å².